The fourth-order valence-electron chi connectivity index (χ4n) is 3.26. The monoisotopic (exact) mass is 569 g/mol. The number of amidine groups is 1. The molecule has 2 aromatic heterocycles. The molecule has 7 N–H and O–H groups in total. The van der Waals surface area contributed by atoms with E-state index in [0.29, 0.717) is 15.7 Å². The van der Waals surface area contributed by atoms with E-state index < -0.39 is 29.2 Å². The molecule has 14 nitrogen and oxygen atoms in total. The lowest BCUT2D eigenvalue weighted by molar-refractivity contribution is -0.150. The number of anilines is 1. The van der Waals surface area contributed by atoms with E-state index in [1.54, 1.807) is 12.3 Å². The molecule has 0 aliphatic carbocycles. The number of aliphatic carboxylic acids is 1. The number of nitrogen functional groups attached to an aromatic ring is 2. The van der Waals surface area contributed by atoms with Crippen LogP contribution < -0.4 is 16.8 Å². The number of hydrogen-bond acceptors (Lipinski definition) is 14. The van der Waals surface area contributed by atoms with E-state index in [1.807, 2.05) is 0 Å². The number of nitrogens with two attached hydrogens (primary N) is 2. The van der Waals surface area contributed by atoms with Gasteiger partial charge in [0.2, 0.25) is 0 Å². The molecule has 18 heteroatoms. The van der Waals surface area contributed by atoms with Crippen molar-refractivity contribution in [2.75, 3.05) is 23.8 Å². The van der Waals surface area contributed by atoms with E-state index in [9.17, 15) is 19.5 Å². The van der Waals surface area contributed by atoms with Gasteiger partial charge in [-0.25, -0.2) is 9.78 Å². The van der Waals surface area contributed by atoms with Gasteiger partial charge in [-0.3, -0.25) is 19.9 Å². The molecule has 0 unspecified atom stereocenters. The summed E-state index contributed by atoms with van der Waals surface area (Å²) in [4.78, 5) is 48.2. The van der Waals surface area contributed by atoms with Gasteiger partial charge < -0.3 is 26.7 Å². The summed E-state index contributed by atoms with van der Waals surface area (Å²) in [6, 6.07) is -0.949. The van der Waals surface area contributed by atoms with E-state index in [-0.39, 0.29) is 45.4 Å². The third-order valence-electron chi connectivity index (χ3n) is 4.81. The van der Waals surface area contributed by atoms with Crippen LogP contribution in [0.3, 0.4) is 0 Å². The molecule has 1 saturated heterocycles. The predicted octanol–water partition coefficient (Wildman–Crippen LogP) is 0.132. The van der Waals surface area contributed by atoms with Crippen molar-refractivity contribution < 1.29 is 24.3 Å². The van der Waals surface area contributed by atoms with Crippen LogP contribution in [0, 0.1) is 5.41 Å². The number of hydrogen-bond donors (Lipinski definition) is 5. The Labute approximate surface area is 220 Å². The quantitative estimate of drug-likeness (QED) is 0.0847. The van der Waals surface area contributed by atoms with E-state index in [0.717, 1.165) is 22.7 Å². The lowest BCUT2D eigenvalue weighted by Gasteiger charge is -2.49. The average molecular weight is 570 g/mol. The van der Waals surface area contributed by atoms with Gasteiger partial charge in [0.1, 0.15) is 29.4 Å². The Hall–Kier alpha value is -3.22. The molecule has 2 aliphatic heterocycles. The molecule has 190 valence electrons. The number of thiazole rings is 1. The number of rotatable bonds is 10. The SMILES string of the molecule is CCO/N=C(\C(=O)N[C@@H]1C(=O)N2C(C(=O)O)=C(CSc3nnc(C(=N)N)s3)CS[C@H]12)c1csc(N)n1. The van der Waals surface area contributed by atoms with Gasteiger partial charge in [0.25, 0.3) is 11.8 Å². The lowest BCUT2D eigenvalue weighted by Crippen LogP contribution is -2.71. The summed E-state index contributed by atoms with van der Waals surface area (Å²) in [5.74, 6) is -2.10. The van der Waals surface area contributed by atoms with Crippen LogP contribution in [-0.4, -0.2) is 84.0 Å². The highest BCUT2D eigenvalue weighted by Gasteiger charge is 2.54. The van der Waals surface area contributed by atoms with Crippen LogP contribution >= 0.6 is 46.2 Å². The van der Waals surface area contributed by atoms with Crippen LogP contribution in [0.25, 0.3) is 0 Å². The molecule has 0 spiro atoms. The number of amides is 2. The van der Waals surface area contributed by atoms with Crippen molar-refractivity contribution in [3.8, 4) is 0 Å². The van der Waals surface area contributed by atoms with Gasteiger partial charge in [-0.2, -0.15) is 0 Å². The third kappa shape index (κ3) is 5.15. The van der Waals surface area contributed by atoms with E-state index in [2.05, 4.69) is 25.7 Å². The van der Waals surface area contributed by atoms with Crippen LogP contribution in [0.15, 0.2) is 26.1 Å². The first kappa shape index (κ1) is 25.9. The highest BCUT2D eigenvalue weighted by atomic mass is 32.2. The second-order valence-corrected chi connectivity index (χ2v) is 11.3. The number of carbonyl (C=O) groups is 3. The smallest absolute Gasteiger partial charge is 0.352 e. The molecule has 0 radical (unpaired) electrons. The van der Waals surface area contributed by atoms with Gasteiger partial charge in [-0.15, -0.1) is 33.3 Å². The van der Waals surface area contributed by atoms with Gasteiger partial charge in [0, 0.05) is 16.9 Å². The van der Waals surface area contributed by atoms with Crippen molar-refractivity contribution in [1.29, 1.82) is 5.41 Å². The minimum atomic E-state index is -1.24. The lowest BCUT2D eigenvalue weighted by atomic mass is 10.0. The summed E-state index contributed by atoms with van der Waals surface area (Å²) < 4.78 is 0.522. The van der Waals surface area contributed by atoms with Crippen molar-refractivity contribution in [3.05, 3.63) is 27.4 Å². The fraction of sp³-hybridized carbons (Fsp3) is 0.333. The van der Waals surface area contributed by atoms with Gasteiger partial charge in [-0.1, -0.05) is 28.3 Å². The summed E-state index contributed by atoms with van der Waals surface area (Å²) in [6.45, 7) is 1.91. The average Bonchev–Trinajstić information content (AvgIpc) is 3.50. The maximum atomic E-state index is 13.0. The standard InChI is InChI=1S/C18H19N9O5S4/c1-2-32-26-8(7-5-34-17(21)22-7)12(28)23-9-14(29)27-10(16(30)31)6(3-33-15(9)27)4-35-18-25-24-13(36-18)11(19)20/h5,9,15H,2-4H2,1H3,(H3,19,20)(H2,21,22)(H,23,28)(H,30,31)/b26-8-/t9-,15-/m1/s1. The van der Waals surface area contributed by atoms with Gasteiger partial charge in [0.05, 0.1) is 0 Å². The minimum Gasteiger partial charge on any atom is -0.477 e. The number of oxime groups is 1. The Balaban J connectivity index is 1.48. The summed E-state index contributed by atoms with van der Waals surface area (Å²) in [5.41, 5.74) is 11.5. The van der Waals surface area contributed by atoms with Gasteiger partial charge >= 0.3 is 5.97 Å². The fourth-order valence-corrected chi connectivity index (χ4v) is 7.01. The Kier molecular flexibility index (Phi) is 7.76. The Bertz CT molecular complexity index is 1290. The first-order valence-electron chi connectivity index (χ1n) is 10.1. The van der Waals surface area contributed by atoms with E-state index in [1.165, 1.54) is 28.4 Å². The molecule has 2 amide bonds. The maximum Gasteiger partial charge on any atom is 0.352 e. The van der Waals surface area contributed by atoms with Crippen molar-refractivity contribution in [3.63, 3.8) is 0 Å². The first-order valence-corrected chi connectivity index (χ1v) is 13.9. The molecule has 0 aromatic carbocycles. The van der Waals surface area contributed by atoms with E-state index in [4.69, 9.17) is 21.7 Å². The largest absolute Gasteiger partial charge is 0.477 e. The molecular weight excluding hydrogens is 551 g/mol. The number of aromatic nitrogens is 3. The number of nitrogens with one attached hydrogen (secondary N) is 2. The molecule has 0 saturated carbocycles. The van der Waals surface area contributed by atoms with Crippen LogP contribution in [0.2, 0.25) is 0 Å². The van der Waals surface area contributed by atoms with Crippen LogP contribution in [0.1, 0.15) is 17.6 Å². The van der Waals surface area contributed by atoms with Crippen molar-refractivity contribution in [2.45, 2.75) is 22.7 Å². The normalized spacial score (nSPS) is 19.5. The highest BCUT2D eigenvalue weighted by Crippen LogP contribution is 2.41. The Morgan fingerprint density at radius 3 is 2.83 bits per heavy atom. The van der Waals surface area contributed by atoms with Crippen molar-refractivity contribution in [1.82, 2.24) is 25.4 Å². The molecule has 2 aromatic rings. The molecular formula is C18H19N9O5S4. The molecule has 2 aliphatic rings. The van der Waals surface area contributed by atoms with Crippen molar-refractivity contribution in [2.24, 2.45) is 10.9 Å². The van der Waals surface area contributed by atoms with Gasteiger partial charge in [0.15, 0.2) is 26.0 Å². The number of carboxylic acids is 1. The predicted molar refractivity (Wildman–Crippen MR) is 136 cm³/mol. The minimum absolute atomic E-state index is 0.117. The molecule has 0 bridgehead atoms. The molecule has 1 fully saturated rings. The zero-order chi connectivity index (χ0) is 26.0. The summed E-state index contributed by atoms with van der Waals surface area (Å²) in [7, 11) is 0. The number of carboxylic acid groups (broad SMARTS) is 1. The molecule has 2 atom stereocenters. The number of thioether (sulfide) groups is 2. The van der Waals surface area contributed by atoms with Crippen LogP contribution in [0.5, 0.6) is 0 Å². The van der Waals surface area contributed by atoms with Gasteiger partial charge in [-0.05, 0) is 12.5 Å². The zero-order valence-electron chi connectivity index (χ0n) is 18.5. The summed E-state index contributed by atoms with van der Waals surface area (Å²) in [5, 5.41) is 32.9. The van der Waals surface area contributed by atoms with Crippen LogP contribution in [-0.2, 0) is 19.2 Å². The highest BCUT2D eigenvalue weighted by molar-refractivity contribution is 8.01. The van der Waals surface area contributed by atoms with Crippen molar-refractivity contribution >= 4 is 80.7 Å². The Morgan fingerprint density at radius 1 is 1.44 bits per heavy atom. The second-order valence-electron chi connectivity index (χ2n) is 7.12. The van der Waals surface area contributed by atoms with E-state index >= 15 is 0 Å². The molecule has 36 heavy (non-hydrogen) atoms. The molecule has 4 heterocycles. The number of β-lactam (4-membered cyclic amide) rings is 1. The third-order valence-corrected chi connectivity index (χ3v) is 9.00. The second kappa shape index (κ2) is 10.8. The first-order chi connectivity index (χ1) is 17.2. The van der Waals surface area contributed by atoms with Crippen LogP contribution in [0.4, 0.5) is 5.13 Å². The number of fused-ring (bicyclic) bond motifs is 1. The zero-order valence-corrected chi connectivity index (χ0v) is 21.7. The number of carbonyl (C=O) groups excluding carboxylic acids is 2. The Morgan fingerprint density at radius 2 is 2.22 bits per heavy atom. The summed E-state index contributed by atoms with van der Waals surface area (Å²) >= 11 is 4.82. The summed E-state index contributed by atoms with van der Waals surface area (Å²) in [6.07, 6.45) is 0. The number of nitrogens with zero attached hydrogens (tertiary/aromatic N) is 5. The topological polar surface area (TPSA) is 223 Å². The maximum absolute atomic E-state index is 13.0. The molecule has 4 rings (SSSR count).